The summed E-state index contributed by atoms with van der Waals surface area (Å²) in [5.41, 5.74) is 4.97. The summed E-state index contributed by atoms with van der Waals surface area (Å²) in [7, 11) is 1.66. The average molecular weight is 529 g/mol. The zero-order valence-corrected chi connectivity index (χ0v) is 23.0. The zero-order valence-electron chi connectivity index (χ0n) is 22.1. The van der Waals surface area contributed by atoms with Crippen LogP contribution < -0.4 is 10.3 Å². The van der Waals surface area contributed by atoms with Gasteiger partial charge in [-0.1, -0.05) is 25.1 Å². The summed E-state index contributed by atoms with van der Waals surface area (Å²) in [5.74, 6) is 1.59. The maximum atomic E-state index is 13.2. The summed E-state index contributed by atoms with van der Waals surface area (Å²) in [6.45, 7) is 8.00. The summed E-state index contributed by atoms with van der Waals surface area (Å²) in [6, 6.07) is 18.2. The van der Waals surface area contributed by atoms with Gasteiger partial charge in [0.05, 0.1) is 19.7 Å². The number of nitrogens with one attached hydrogen (secondary N) is 1. The van der Waals surface area contributed by atoms with E-state index in [1.165, 1.54) is 10.4 Å². The maximum Gasteiger partial charge on any atom is 0.252 e. The molecule has 5 aromatic rings. The summed E-state index contributed by atoms with van der Waals surface area (Å²) in [6.07, 6.45) is 0.790. The fourth-order valence-corrected chi connectivity index (χ4v) is 5.54. The molecule has 0 aliphatic rings. The first-order valence-electron chi connectivity index (χ1n) is 12.7. The van der Waals surface area contributed by atoms with Crippen LogP contribution >= 0.6 is 11.3 Å². The molecule has 0 aliphatic carbocycles. The van der Waals surface area contributed by atoms with Gasteiger partial charge in [0.2, 0.25) is 0 Å². The molecule has 0 radical (unpaired) electrons. The van der Waals surface area contributed by atoms with Gasteiger partial charge in [0, 0.05) is 29.0 Å². The Morgan fingerprint density at radius 1 is 1.08 bits per heavy atom. The van der Waals surface area contributed by atoms with Crippen molar-refractivity contribution in [2.75, 3.05) is 7.11 Å². The van der Waals surface area contributed by atoms with E-state index in [1.54, 1.807) is 18.4 Å². The molecule has 3 heterocycles. The first kappa shape index (κ1) is 25.8. The van der Waals surface area contributed by atoms with Gasteiger partial charge in [-0.25, -0.2) is 4.68 Å². The van der Waals surface area contributed by atoms with Crippen LogP contribution in [0.15, 0.2) is 64.8 Å². The van der Waals surface area contributed by atoms with Crippen molar-refractivity contribution in [1.29, 1.82) is 0 Å². The van der Waals surface area contributed by atoms with Crippen molar-refractivity contribution in [3.63, 3.8) is 0 Å². The number of aryl methyl sites for hydroxylation is 2. The molecule has 1 N–H and O–H groups in total. The molecule has 8 nitrogen and oxygen atoms in total. The van der Waals surface area contributed by atoms with Crippen LogP contribution in [0.2, 0.25) is 0 Å². The molecule has 0 spiro atoms. The Hall–Kier alpha value is -3.82. The Balaban J connectivity index is 1.49. The van der Waals surface area contributed by atoms with Crippen LogP contribution in [0, 0.1) is 13.8 Å². The van der Waals surface area contributed by atoms with Crippen LogP contribution in [-0.2, 0) is 19.6 Å². The Labute approximate surface area is 225 Å². The summed E-state index contributed by atoms with van der Waals surface area (Å²) < 4.78 is 7.14. The highest BCUT2D eigenvalue weighted by Gasteiger charge is 2.26. The molecule has 2 aromatic carbocycles. The van der Waals surface area contributed by atoms with E-state index in [0.717, 1.165) is 45.6 Å². The number of aromatic amines is 1. The van der Waals surface area contributed by atoms with Crippen molar-refractivity contribution in [2.45, 2.75) is 52.9 Å². The number of H-pyrrole nitrogens is 1. The topological polar surface area (TPSA) is 88.9 Å². The standard InChI is InChI=1S/C29H32N6O2S/c1-5-27(28-31-32-33-35(28)16-21-8-10-24(37-4)11-9-21)34(18-25-7-6-12-38-25)17-23-15-22-13-19(2)20(3)14-26(22)30-29(23)36/h6-15,27H,5,16-18H2,1-4H3,(H,30,36)/t27-/m0/s1. The molecule has 0 amide bonds. The van der Waals surface area contributed by atoms with Crippen molar-refractivity contribution < 1.29 is 4.74 Å². The van der Waals surface area contributed by atoms with Gasteiger partial charge >= 0.3 is 0 Å². The normalized spacial score (nSPS) is 12.3. The van der Waals surface area contributed by atoms with Crippen LogP contribution in [0.1, 0.15) is 52.3 Å². The molecule has 0 bridgehead atoms. The van der Waals surface area contributed by atoms with Crippen LogP contribution in [0.3, 0.4) is 0 Å². The highest BCUT2D eigenvalue weighted by molar-refractivity contribution is 7.09. The summed E-state index contributed by atoms with van der Waals surface area (Å²) in [4.78, 5) is 19.8. The molecule has 1 atom stereocenters. The predicted octanol–water partition coefficient (Wildman–Crippen LogP) is 5.40. The number of benzene rings is 2. The zero-order chi connectivity index (χ0) is 26.6. The molecule has 9 heteroatoms. The largest absolute Gasteiger partial charge is 0.497 e. The quantitative estimate of drug-likeness (QED) is 0.261. The summed E-state index contributed by atoms with van der Waals surface area (Å²) in [5, 5.41) is 15.9. The third-order valence-corrected chi connectivity index (χ3v) is 7.89. The minimum atomic E-state index is -0.0831. The van der Waals surface area contributed by atoms with Gasteiger partial charge in [-0.2, -0.15) is 0 Å². The van der Waals surface area contributed by atoms with E-state index < -0.39 is 0 Å². The number of fused-ring (bicyclic) bond motifs is 1. The number of nitrogens with zero attached hydrogens (tertiary/aromatic N) is 5. The van der Waals surface area contributed by atoms with Crippen molar-refractivity contribution in [1.82, 2.24) is 30.1 Å². The first-order valence-corrected chi connectivity index (χ1v) is 13.6. The lowest BCUT2D eigenvalue weighted by Gasteiger charge is -2.30. The summed E-state index contributed by atoms with van der Waals surface area (Å²) >= 11 is 1.71. The van der Waals surface area contributed by atoms with E-state index in [2.05, 4.69) is 69.8 Å². The number of rotatable bonds is 10. The fraction of sp³-hybridized carbons (Fsp3) is 0.310. The first-order chi connectivity index (χ1) is 18.4. The van der Waals surface area contributed by atoms with E-state index >= 15 is 0 Å². The molecule has 0 fully saturated rings. The van der Waals surface area contributed by atoms with Gasteiger partial charge < -0.3 is 9.72 Å². The number of hydrogen-bond acceptors (Lipinski definition) is 7. The molecule has 0 unspecified atom stereocenters. The number of methoxy groups -OCH3 is 1. The van der Waals surface area contributed by atoms with Crippen molar-refractivity contribution in [3.8, 4) is 5.75 Å². The van der Waals surface area contributed by atoms with Gasteiger partial charge in [0.1, 0.15) is 5.75 Å². The monoisotopic (exact) mass is 528 g/mol. The second-order valence-electron chi connectivity index (χ2n) is 9.60. The van der Waals surface area contributed by atoms with Gasteiger partial charge in [-0.3, -0.25) is 9.69 Å². The number of tetrazole rings is 1. The molecule has 196 valence electrons. The SMILES string of the molecule is CC[C@@H](c1nnnn1Cc1ccc(OC)cc1)N(Cc1cccs1)Cc1cc2cc(C)c(C)cc2[nH]c1=O. The van der Waals surface area contributed by atoms with Crippen LogP contribution in [0.5, 0.6) is 5.75 Å². The van der Waals surface area contributed by atoms with E-state index in [0.29, 0.717) is 19.6 Å². The minimum absolute atomic E-state index is 0.0652. The predicted molar refractivity (Wildman–Crippen MR) is 151 cm³/mol. The van der Waals surface area contributed by atoms with Gasteiger partial charge in [-0.05, 0) is 94.5 Å². The van der Waals surface area contributed by atoms with Crippen LogP contribution in [-0.4, -0.2) is 37.2 Å². The Morgan fingerprint density at radius 3 is 2.58 bits per heavy atom. The Kier molecular flexibility index (Phi) is 7.67. The molecule has 0 aliphatic heterocycles. The van der Waals surface area contributed by atoms with E-state index in [1.807, 2.05) is 41.1 Å². The number of pyridine rings is 1. The third kappa shape index (κ3) is 5.54. The molecular formula is C29H32N6O2S. The van der Waals surface area contributed by atoms with Crippen LogP contribution in [0.4, 0.5) is 0 Å². The van der Waals surface area contributed by atoms with E-state index in [4.69, 9.17) is 4.74 Å². The van der Waals surface area contributed by atoms with Crippen molar-refractivity contribution in [2.24, 2.45) is 0 Å². The fourth-order valence-electron chi connectivity index (χ4n) is 4.81. The number of aromatic nitrogens is 5. The number of ether oxygens (including phenoxy) is 1. The van der Waals surface area contributed by atoms with Crippen molar-refractivity contribution in [3.05, 3.63) is 103 Å². The lowest BCUT2D eigenvalue weighted by Crippen LogP contribution is -2.32. The van der Waals surface area contributed by atoms with Crippen LogP contribution in [0.25, 0.3) is 10.9 Å². The van der Waals surface area contributed by atoms with Crippen molar-refractivity contribution >= 4 is 22.2 Å². The lowest BCUT2D eigenvalue weighted by atomic mass is 10.0. The second-order valence-corrected chi connectivity index (χ2v) is 10.6. The molecule has 0 saturated carbocycles. The molecule has 3 aromatic heterocycles. The lowest BCUT2D eigenvalue weighted by molar-refractivity contribution is 0.163. The number of thiophene rings is 1. The molecule has 5 rings (SSSR count). The average Bonchev–Trinajstić information content (AvgIpc) is 3.59. The smallest absolute Gasteiger partial charge is 0.252 e. The van der Waals surface area contributed by atoms with Gasteiger partial charge in [0.15, 0.2) is 5.82 Å². The third-order valence-electron chi connectivity index (χ3n) is 7.02. The van der Waals surface area contributed by atoms with E-state index in [-0.39, 0.29) is 11.6 Å². The second kappa shape index (κ2) is 11.3. The molecule has 38 heavy (non-hydrogen) atoms. The highest BCUT2D eigenvalue weighted by Crippen LogP contribution is 2.28. The van der Waals surface area contributed by atoms with Gasteiger partial charge in [-0.15, -0.1) is 16.4 Å². The number of hydrogen-bond donors (Lipinski definition) is 1. The van der Waals surface area contributed by atoms with E-state index in [9.17, 15) is 4.79 Å². The highest BCUT2D eigenvalue weighted by atomic mass is 32.1. The Bertz CT molecular complexity index is 1570. The molecular weight excluding hydrogens is 496 g/mol. The Morgan fingerprint density at radius 2 is 1.87 bits per heavy atom. The maximum absolute atomic E-state index is 13.2. The molecule has 0 saturated heterocycles. The minimum Gasteiger partial charge on any atom is -0.497 e. The van der Waals surface area contributed by atoms with Gasteiger partial charge in [0.25, 0.3) is 5.56 Å².